The highest BCUT2D eigenvalue weighted by molar-refractivity contribution is 4.88. The molecule has 0 aromatic carbocycles. The van der Waals surface area contributed by atoms with Gasteiger partial charge in [-0.25, -0.2) is 0 Å². The normalized spacial score (nSPS) is 40.6. The summed E-state index contributed by atoms with van der Waals surface area (Å²) in [5.74, 6) is 2.83. The molecule has 2 heteroatoms. The average Bonchev–Trinajstić information content (AvgIpc) is 2.46. The summed E-state index contributed by atoms with van der Waals surface area (Å²) in [5, 5.41) is 8.87. The maximum atomic E-state index is 8.87. The maximum absolute atomic E-state index is 8.87. The lowest BCUT2D eigenvalue weighted by Crippen LogP contribution is -2.24. The molecule has 0 bridgehead atoms. The summed E-state index contributed by atoms with van der Waals surface area (Å²) >= 11 is 0. The molecule has 0 amide bonds. The molecule has 2 fully saturated rings. The van der Waals surface area contributed by atoms with Gasteiger partial charge in [0.1, 0.15) is 0 Å². The quantitative estimate of drug-likeness (QED) is 0.698. The van der Waals surface area contributed by atoms with Crippen molar-refractivity contribution in [1.82, 2.24) is 4.90 Å². The number of aliphatic hydroxyl groups excluding tert-OH is 1. The fourth-order valence-corrected chi connectivity index (χ4v) is 3.09. The number of rotatable bonds is 2. The Balaban J connectivity index is 1.87. The second-order valence-corrected chi connectivity index (χ2v) is 4.92. The van der Waals surface area contributed by atoms with E-state index < -0.39 is 0 Å². The lowest BCUT2D eigenvalue weighted by molar-refractivity contribution is 0.215. The van der Waals surface area contributed by atoms with Gasteiger partial charge in [0.25, 0.3) is 0 Å². The SMILES string of the molecule is CC1CCC2CN(CCO)CC2C1. The van der Waals surface area contributed by atoms with Crippen LogP contribution in [0.25, 0.3) is 0 Å². The minimum Gasteiger partial charge on any atom is -0.395 e. The molecule has 1 N–H and O–H groups in total. The van der Waals surface area contributed by atoms with Crippen molar-refractivity contribution in [3.8, 4) is 0 Å². The summed E-state index contributed by atoms with van der Waals surface area (Å²) < 4.78 is 0. The van der Waals surface area contributed by atoms with Gasteiger partial charge in [0.2, 0.25) is 0 Å². The van der Waals surface area contributed by atoms with Crippen LogP contribution in [0.15, 0.2) is 0 Å². The van der Waals surface area contributed by atoms with Gasteiger partial charge in [-0.1, -0.05) is 13.3 Å². The van der Waals surface area contributed by atoms with Crippen molar-refractivity contribution in [2.45, 2.75) is 26.2 Å². The van der Waals surface area contributed by atoms with E-state index in [1.165, 1.54) is 32.4 Å². The van der Waals surface area contributed by atoms with E-state index in [9.17, 15) is 0 Å². The number of nitrogens with zero attached hydrogens (tertiary/aromatic N) is 1. The van der Waals surface area contributed by atoms with Gasteiger partial charge in [-0.05, 0) is 30.6 Å². The van der Waals surface area contributed by atoms with E-state index in [1.54, 1.807) is 0 Å². The summed E-state index contributed by atoms with van der Waals surface area (Å²) in [7, 11) is 0. The van der Waals surface area contributed by atoms with E-state index in [0.717, 1.165) is 24.3 Å². The molecule has 0 aromatic rings. The number of aliphatic hydroxyl groups is 1. The van der Waals surface area contributed by atoms with Crippen LogP contribution in [0, 0.1) is 17.8 Å². The molecule has 1 heterocycles. The smallest absolute Gasteiger partial charge is 0.0558 e. The first-order valence-electron chi connectivity index (χ1n) is 5.63. The fourth-order valence-electron chi connectivity index (χ4n) is 3.09. The molecule has 3 unspecified atom stereocenters. The van der Waals surface area contributed by atoms with Gasteiger partial charge in [-0.15, -0.1) is 0 Å². The van der Waals surface area contributed by atoms with Crippen LogP contribution >= 0.6 is 0 Å². The van der Waals surface area contributed by atoms with Crippen LogP contribution in [0.3, 0.4) is 0 Å². The Morgan fingerprint density at radius 3 is 2.77 bits per heavy atom. The lowest BCUT2D eigenvalue weighted by atomic mass is 9.77. The van der Waals surface area contributed by atoms with Gasteiger partial charge in [-0.3, -0.25) is 0 Å². The second kappa shape index (κ2) is 3.97. The van der Waals surface area contributed by atoms with Crippen molar-refractivity contribution in [2.24, 2.45) is 17.8 Å². The molecule has 1 saturated heterocycles. The van der Waals surface area contributed by atoms with Crippen LogP contribution < -0.4 is 0 Å². The van der Waals surface area contributed by atoms with E-state index in [1.807, 2.05) is 0 Å². The van der Waals surface area contributed by atoms with Crippen LogP contribution in [0.4, 0.5) is 0 Å². The third-order valence-corrected chi connectivity index (χ3v) is 3.80. The molecule has 1 aliphatic carbocycles. The third kappa shape index (κ3) is 2.05. The van der Waals surface area contributed by atoms with E-state index >= 15 is 0 Å². The topological polar surface area (TPSA) is 23.5 Å². The van der Waals surface area contributed by atoms with E-state index in [2.05, 4.69) is 11.8 Å². The zero-order chi connectivity index (χ0) is 9.26. The van der Waals surface area contributed by atoms with Crippen molar-refractivity contribution >= 4 is 0 Å². The molecular weight excluding hydrogens is 162 g/mol. The molecule has 2 nitrogen and oxygen atoms in total. The van der Waals surface area contributed by atoms with Crippen molar-refractivity contribution in [3.05, 3.63) is 0 Å². The molecule has 1 saturated carbocycles. The largest absolute Gasteiger partial charge is 0.395 e. The van der Waals surface area contributed by atoms with Crippen LogP contribution in [0.1, 0.15) is 26.2 Å². The zero-order valence-corrected chi connectivity index (χ0v) is 8.58. The number of hydrogen-bond acceptors (Lipinski definition) is 2. The van der Waals surface area contributed by atoms with Crippen LogP contribution in [-0.2, 0) is 0 Å². The van der Waals surface area contributed by atoms with Crippen LogP contribution in [-0.4, -0.2) is 36.2 Å². The standard InChI is InChI=1S/C11H21NO/c1-9-2-3-10-7-12(4-5-13)8-11(10)6-9/h9-11,13H,2-8H2,1H3. The van der Waals surface area contributed by atoms with Gasteiger partial charge in [0, 0.05) is 19.6 Å². The van der Waals surface area contributed by atoms with Gasteiger partial charge in [-0.2, -0.15) is 0 Å². The van der Waals surface area contributed by atoms with E-state index in [-0.39, 0.29) is 0 Å². The third-order valence-electron chi connectivity index (χ3n) is 3.80. The summed E-state index contributed by atoms with van der Waals surface area (Å²) in [5.41, 5.74) is 0. The van der Waals surface area contributed by atoms with Crippen molar-refractivity contribution < 1.29 is 5.11 Å². The molecule has 1 aliphatic heterocycles. The van der Waals surface area contributed by atoms with Gasteiger partial charge >= 0.3 is 0 Å². The van der Waals surface area contributed by atoms with Crippen LogP contribution in [0.5, 0.6) is 0 Å². The molecule has 2 rings (SSSR count). The minimum atomic E-state index is 0.328. The van der Waals surface area contributed by atoms with Gasteiger partial charge in [0.15, 0.2) is 0 Å². The zero-order valence-electron chi connectivity index (χ0n) is 8.58. The number of fused-ring (bicyclic) bond motifs is 1. The van der Waals surface area contributed by atoms with Gasteiger partial charge in [0.05, 0.1) is 6.61 Å². The first-order chi connectivity index (χ1) is 6.29. The van der Waals surface area contributed by atoms with Crippen molar-refractivity contribution in [2.75, 3.05) is 26.2 Å². The first-order valence-corrected chi connectivity index (χ1v) is 5.63. The Morgan fingerprint density at radius 1 is 1.23 bits per heavy atom. The summed E-state index contributed by atoms with van der Waals surface area (Å²) in [6.07, 6.45) is 4.27. The Hall–Kier alpha value is -0.0800. The highest BCUT2D eigenvalue weighted by atomic mass is 16.3. The maximum Gasteiger partial charge on any atom is 0.0558 e. The molecule has 76 valence electrons. The van der Waals surface area contributed by atoms with Gasteiger partial charge < -0.3 is 10.0 Å². The summed E-state index contributed by atoms with van der Waals surface area (Å²) in [4.78, 5) is 2.44. The van der Waals surface area contributed by atoms with Crippen LogP contribution in [0.2, 0.25) is 0 Å². The highest BCUT2D eigenvalue weighted by Gasteiger charge is 2.35. The Kier molecular flexibility index (Phi) is 2.89. The summed E-state index contributed by atoms with van der Waals surface area (Å²) in [6, 6.07) is 0. The number of hydrogen-bond donors (Lipinski definition) is 1. The number of β-amino-alcohol motifs (C(OH)–C–C–N with tert-alkyl or cyclic N) is 1. The Labute approximate surface area is 80.9 Å². The fraction of sp³-hybridized carbons (Fsp3) is 1.00. The molecule has 0 radical (unpaired) electrons. The lowest BCUT2D eigenvalue weighted by Gasteiger charge is -2.28. The van der Waals surface area contributed by atoms with Crippen molar-refractivity contribution in [3.63, 3.8) is 0 Å². The summed E-state index contributed by atoms with van der Waals surface area (Å²) in [6.45, 7) is 6.09. The van der Waals surface area contributed by atoms with E-state index in [4.69, 9.17) is 5.11 Å². The predicted octanol–water partition coefficient (Wildman–Crippen LogP) is 1.35. The first kappa shape index (κ1) is 9.47. The Morgan fingerprint density at radius 2 is 2.00 bits per heavy atom. The molecule has 2 aliphatic rings. The molecule has 3 atom stereocenters. The second-order valence-electron chi connectivity index (χ2n) is 4.92. The molecular formula is C11H21NO. The monoisotopic (exact) mass is 183 g/mol. The molecule has 0 spiro atoms. The van der Waals surface area contributed by atoms with Crippen molar-refractivity contribution in [1.29, 1.82) is 0 Å². The minimum absolute atomic E-state index is 0.328. The molecule has 13 heavy (non-hydrogen) atoms. The molecule has 0 aromatic heterocycles. The number of likely N-dealkylation sites (tertiary alicyclic amines) is 1. The Bertz CT molecular complexity index is 171. The van der Waals surface area contributed by atoms with E-state index in [0.29, 0.717) is 6.61 Å². The highest BCUT2D eigenvalue weighted by Crippen LogP contribution is 2.38. The predicted molar refractivity (Wildman–Crippen MR) is 53.5 cm³/mol. The average molecular weight is 183 g/mol.